The first-order valence-electron chi connectivity index (χ1n) is 6.84. The van der Waals surface area contributed by atoms with Gasteiger partial charge in [0.05, 0.1) is 27.7 Å². The van der Waals surface area contributed by atoms with Crippen LogP contribution in [0.1, 0.15) is 13.8 Å². The van der Waals surface area contributed by atoms with Gasteiger partial charge in [0.1, 0.15) is 5.69 Å². The number of nitrogens with one attached hydrogen (secondary N) is 1. The molecule has 6 nitrogen and oxygen atoms in total. The van der Waals surface area contributed by atoms with E-state index in [4.69, 9.17) is 9.57 Å². The summed E-state index contributed by atoms with van der Waals surface area (Å²) < 4.78 is 5.80. The first-order valence-corrected chi connectivity index (χ1v) is 6.84. The average molecular weight is 294 g/mol. The van der Waals surface area contributed by atoms with E-state index < -0.39 is 0 Å². The maximum Gasteiger partial charge on any atom is 0.265 e. The summed E-state index contributed by atoms with van der Waals surface area (Å²) in [5.41, 5.74) is 1.88. The summed E-state index contributed by atoms with van der Waals surface area (Å²) in [5.74, 6) is 0.138. The van der Waals surface area contributed by atoms with Crippen molar-refractivity contribution in [2.75, 3.05) is 39.7 Å². The van der Waals surface area contributed by atoms with Crippen LogP contribution < -0.4 is 9.80 Å². The molecular weight excluding hydrogens is 270 g/mol. The molecule has 0 spiro atoms. The predicted molar refractivity (Wildman–Crippen MR) is 85.3 cm³/mol. The molecule has 1 rings (SSSR count). The Morgan fingerprint density at radius 2 is 1.86 bits per heavy atom. The lowest BCUT2D eigenvalue weighted by Gasteiger charge is -2.23. The van der Waals surface area contributed by atoms with E-state index in [0.717, 1.165) is 15.9 Å². The van der Waals surface area contributed by atoms with E-state index in [0.29, 0.717) is 12.5 Å². The number of hydrogen-bond donors (Lipinski definition) is 1. The van der Waals surface area contributed by atoms with E-state index >= 15 is 0 Å². The zero-order chi connectivity index (χ0) is 15.9. The molecule has 0 unspecified atom stereocenters. The number of carbonyl (C=O) groups excluding carboxylic acids is 1. The fraction of sp³-hybridized carbons (Fsp3) is 0.467. The summed E-state index contributed by atoms with van der Waals surface area (Å²) in [6, 6.07) is 7.69. The number of oxime groups is 1. The van der Waals surface area contributed by atoms with E-state index in [-0.39, 0.29) is 12.5 Å². The number of carbonyl (C=O) groups is 1. The van der Waals surface area contributed by atoms with Gasteiger partial charge in [-0.2, -0.15) is 0 Å². The fourth-order valence-electron chi connectivity index (χ4n) is 1.61. The normalized spacial score (nSPS) is 12.0. The summed E-state index contributed by atoms with van der Waals surface area (Å²) in [6.07, 6.45) is 0. The van der Waals surface area contributed by atoms with Crippen molar-refractivity contribution in [3.63, 3.8) is 0 Å². The largest absolute Gasteiger partial charge is 0.479 e. The number of amides is 1. The zero-order valence-electron chi connectivity index (χ0n) is 13.3. The molecule has 0 saturated heterocycles. The van der Waals surface area contributed by atoms with Crippen molar-refractivity contribution in [2.45, 2.75) is 13.8 Å². The van der Waals surface area contributed by atoms with Gasteiger partial charge in [0, 0.05) is 24.7 Å². The third-order valence-corrected chi connectivity index (χ3v) is 2.67. The third-order valence-electron chi connectivity index (χ3n) is 2.67. The first-order chi connectivity index (χ1) is 9.82. The molecular formula is C15H24N3O3+. The molecule has 0 aromatic heterocycles. The van der Waals surface area contributed by atoms with E-state index in [9.17, 15) is 4.79 Å². The van der Waals surface area contributed by atoms with Gasteiger partial charge in [0.15, 0.2) is 6.61 Å². The molecule has 0 aliphatic carbocycles. The van der Waals surface area contributed by atoms with Gasteiger partial charge in [-0.3, -0.25) is 9.28 Å². The number of hydrogen-bond acceptors (Lipinski definition) is 4. The fourth-order valence-corrected chi connectivity index (χ4v) is 1.61. The summed E-state index contributed by atoms with van der Waals surface area (Å²) in [7, 11) is 6.25. The lowest BCUT2D eigenvalue weighted by Crippen LogP contribution is -2.34. The maximum atomic E-state index is 11.7. The predicted octanol–water partition coefficient (Wildman–Crippen LogP) is 2.21. The molecule has 0 aliphatic rings. The molecule has 1 N–H and O–H groups in total. The van der Waals surface area contributed by atoms with Gasteiger partial charge < -0.3 is 14.9 Å². The van der Waals surface area contributed by atoms with Crippen LogP contribution >= 0.6 is 0 Å². The second kappa shape index (κ2) is 7.64. The second-order valence-corrected chi connectivity index (χ2v) is 5.42. The molecule has 0 heterocycles. The topological polar surface area (TPSA) is 59.9 Å². The molecule has 1 aromatic rings. The number of nitrogens with zero attached hydrogens (tertiary/aromatic N) is 2. The molecule has 0 aliphatic heterocycles. The highest BCUT2D eigenvalue weighted by atomic mass is 16.6. The van der Waals surface area contributed by atoms with Crippen LogP contribution in [0.2, 0.25) is 0 Å². The van der Waals surface area contributed by atoms with Crippen LogP contribution in [0.5, 0.6) is 0 Å². The average Bonchev–Trinajstić information content (AvgIpc) is 2.38. The number of quaternary nitrogens is 1. The van der Waals surface area contributed by atoms with Crippen molar-refractivity contribution >= 4 is 23.2 Å². The Kier molecular flexibility index (Phi) is 6.17. The smallest absolute Gasteiger partial charge is 0.265 e. The van der Waals surface area contributed by atoms with Crippen molar-refractivity contribution in [2.24, 2.45) is 5.16 Å². The minimum absolute atomic E-state index is 0.151. The Balaban J connectivity index is 2.47. The van der Waals surface area contributed by atoms with Crippen LogP contribution in [0.15, 0.2) is 29.4 Å². The molecule has 0 fully saturated rings. The molecule has 0 saturated carbocycles. The number of rotatable bonds is 6. The van der Waals surface area contributed by atoms with Crippen molar-refractivity contribution in [1.29, 1.82) is 0 Å². The van der Waals surface area contributed by atoms with Gasteiger partial charge >= 0.3 is 0 Å². The van der Waals surface area contributed by atoms with Crippen molar-refractivity contribution in [3.8, 4) is 0 Å². The number of benzene rings is 1. The Morgan fingerprint density at radius 1 is 1.24 bits per heavy atom. The Labute approximate surface area is 125 Å². The molecule has 0 radical (unpaired) electrons. The van der Waals surface area contributed by atoms with Crippen LogP contribution in [0.3, 0.4) is 0 Å². The van der Waals surface area contributed by atoms with Crippen LogP contribution in [0, 0.1) is 0 Å². The molecule has 0 atom stereocenters. The number of ether oxygens (including phenoxy) is 1. The molecule has 116 valence electrons. The van der Waals surface area contributed by atoms with E-state index in [2.05, 4.69) is 31.6 Å². The summed E-state index contributed by atoms with van der Waals surface area (Å²) >= 11 is 0. The Bertz CT molecular complexity index is 490. The van der Waals surface area contributed by atoms with Crippen LogP contribution in [-0.2, 0) is 14.4 Å². The maximum absolute atomic E-state index is 11.7. The summed E-state index contributed by atoms with van der Waals surface area (Å²) in [4.78, 5) is 16.6. The lowest BCUT2D eigenvalue weighted by atomic mass is 10.2. The van der Waals surface area contributed by atoms with E-state index in [1.807, 2.05) is 31.2 Å². The molecule has 0 bridgehead atoms. The zero-order valence-corrected chi connectivity index (χ0v) is 13.3. The van der Waals surface area contributed by atoms with Crippen molar-refractivity contribution < 1.29 is 14.4 Å². The van der Waals surface area contributed by atoms with Crippen LogP contribution in [-0.4, -0.2) is 46.2 Å². The standard InChI is InChI=1S/C15H23N3O3/c1-6-20-12(2)17-21-11-15(19)16-13-7-9-14(10-8-13)18(3,4)5/h7-10H,6,11H2,1-5H3/p+1. The second-order valence-electron chi connectivity index (χ2n) is 5.42. The third kappa shape index (κ3) is 6.27. The lowest BCUT2D eigenvalue weighted by molar-refractivity contribution is -0.120. The van der Waals surface area contributed by atoms with Gasteiger partial charge in [-0.15, -0.1) is 0 Å². The van der Waals surface area contributed by atoms with Gasteiger partial charge in [0.2, 0.25) is 5.90 Å². The van der Waals surface area contributed by atoms with E-state index in [1.54, 1.807) is 6.92 Å². The van der Waals surface area contributed by atoms with Gasteiger partial charge in [-0.1, -0.05) is 5.16 Å². The van der Waals surface area contributed by atoms with Gasteiger partial charge in [0.25, 0.3) is 5.91 Å². The van der Waals surface area contributed by atoms with E-state index in [1.165, 1.54) is 0 Å². The van der Waals surface area contributed by atoms with Gasteiger partial charge in [-0.05, 0) is 19.1 Å². The Hall–Kier alpha value is -2.08. The van der Waals surface area contributed by atoms with Crippen LogP contribution in [0.4, 0.5) is 11.4 Å². The molecule has 1 amide bonds. The highest BCUT2D eigenvalue weighted by Crippen LogP contribution is 2.19. The minimum Gasteiger partial charge on any atom is -0.479 e. The monoisotopic (exact) mass is 294 g/mol. The number of anilines is 1. The first kappa shape index (κ1) is 17.0. The molecule has 6 heteroatoms. The molecule has 21 heavy (non-hydrogen) atoms. The highest BCUT2D eigenvalue weighted by molar-refractivity contribution is 5.91. The molecule has 1 aromatic carbocycles. The SMILES string of the molecule is CCOC(C)=NOCC(=O)Nc1ccc([N+](C)(C)C)cc1. The summed E-state index contributed by atoms with van der Waals surface area (Å²) in [6.45, 7) is 3.89. The highest BCUT2D eigenvalue weighted by Gasteiger charge is 2.11. The quantitative estimate of drug-likeness (QED) is 0.379. The minimum atomic E-state index is -0.263. The van der Waals surface area contributed by atoms with Gasteiger partial charge in [-0.25, -0.2) is 0 Å². The van der Waals surface area contributed by atoms with Crippen molar-refractivity contribution in [3.05, 3.63) is 24.3 Å². The Morgan fingerprint density at radius 3 is 2.38 bits per heavy atom. The van der Waals surface area contributed by atoms with Crippen molar-refractivity contribution in [1.82, 2.24) is 4.48 Å². The van der Waals surface area contributed by atoms with Crippen LogP contribution in [0.25, 0.3) is 0 Å². The summed E-state index contributed by atoms with van der Waals surface area (Å²) in [5, 5.41) is 6.42.